The van der Waals surface area contributed by atoms with Crippen molar-refractivity contribution in [3.8, 4) is 0 Å². The van der Waals surface area contributed by atoms with Crippen molar-refractivity contribution in [2.75, 3.05) is 20.0 Å². The molecule has 0 aliphatic carbocycles. The first-order chi connectivity index (χ1) is 3.15. The van der Waals surface area contributed by atoms with E-state index < -0.39 is 0 Å². The van der Waals surface area contributed by atoms with E-state index >= 15 is 0 Å². The van der Waals surface area contributed by atoms with Crippen molar-refractivity contribution in [1.82, 2.24) is 0 Å². The maximum atomic E-state index is 2.23. The van der Waals surface area contributed by atoms with Crippen LogP contribution in [0.2, 0.25) is 0 Å². The van der Waals surface area contributed by atoms with E-state index in [1.165, 1.54) is 6.42 Å². The fraction of sp³-hybridized carbons (Fsp3) is 1.00. The fourth-order valence-corrected chi connectivity index (χ4v) is 0. The van der Waals surface area contributed by atoms with Crippen molar-refractivity contribution in [3.63, 3.8) is 0 Å². The maximum absolute atomic E-state index is 2.23. The Morgan fingerprint density at radius 2 is 1.00 bits per heavy atom. The lowest BCUT2D eigenvalue weighted by molar-refractivity contribution is 1.09. The molecule has 0 radical (unpaired) electrons. The van der Waals surface area contributed by atoms with Crippen LogP contribution >= 0.6 is 7.92 Å². The van der Waals surface area contributed by atoms with E-state index in [1.54, 1.807) is 0 Å². The molecule has 46 valence electrons. The number of hydrogen-bond acceptors (Lipinski definition) is 0. The number of hydrogen-bond donors (Lipinski definition) is 0. The van der Waals surface area contributed by atoms with Crippen LogP contribution in [0.3, 0.4) is 0 Å². The average Bonchev–Trinajstić information content (AvgIpc) is 1.33. The van der Waals surface area contributed by atoms with Gasteiger partial charge in [0.05, 0.1) is 0 Å². The molecule has 0 aliphatic rings. The molecule has 0 bridgehead atoms. The molecule has 0 atom stereocenters. The first kappa shape index (κ1) is 10.4. The summed E-state index contributed by atoms with van der Waals surface area (Å²) in [5, 5.41) is 0. The quantitative estimate of drug-likeness (QED) is 0.431. The summed E-state index contributed by atoms with van der Waals surface area (Å²) < 4.78 is 0. The Morgan fingerprint density at radius 3 is 1.00 bits per heavy atom. The molecule has 7 heavy (non-hydrogen) atoms. The van der Waals surface area contributed by atoms with Crippen molar-refractivity contribution in [2.24, 2.45) is 0 Å². The van der Waals surface area contributed by atoms with Gasteiger partial charge in [0.1, 0.15) is 0 Å². The van der Waals surface area contributed by atoms with Gasteiger partial charge >= 0.3 is 0 Å². The molecule has 0 aliphatic heterocycles. The molecule has 0 saturated heterocycles. The van der Waals surface area contributed by atoms with Crippen LogP contribution in [0.25, 0.3) is 0 Å². The van der Waals surface area contributed by atoms with Crippen LogP contribution in [0, 0.1) is 0 Å². The van der Waals surface area contributed by atoms with E-state index in [0.717, 1.165) is 0 Å². The van der Waals surface area contributed by atoms with Crippen molar-refractivity contribution < 1.29 is 0 Å². The predicted molar refractivity (Wildman–Crippen MR) is 40.7 cm³/mol. The number of rotatable bonds is 0. The summed E-state index contributed by atoms with van der Waals surface area (Å²) in [6.45, 7) is 10.9. The topological polar surface area (TPSA) is 0 Å². The monoisotopic (exact) mass is 120 g/mol. The highest BCUT2D eigenvalue weighted by Gasteiger charge is 1.65. The van der Waals surface area contributed by atoms with Gasteiger partial charge in [-0.05, 0) is 20.0 Å². The van der Waals surface area contributed by atoms with E-state index in [9.17, 15) is 0 Å². The summed E-state index contributed by atoms with van der Waals surface area (Å²) >= 11 is 0. The Labute approximate surface area is 49.1 Å². The average molecular weight is 120 g/mol. The fourth-order valence-electron chi connectivity index (χ4n) is 0. The standard InChI is InChI=1S/C3H9P.C3H8/c1-4(2)3;1-3-2/h1-3H3;3H2,1-2H3. The van der Waals surface area contributed by atoms with Gasteiger partial charge < -0.3 is 0 Å². The van der Waals surface area contributed by atoms with Crippen LogP contribution in [-0.2, 0) is 0 Å². The van der Waals surface area contributed by atoms with Crippen LogP contribution in [0.5, 0.6) is 0 Å². The zero-order valence-electron chi connectivity index (χ0n) is 6.15. The summed E-state index contributed by atoms with van der Waals surface area (Å²) in [5.41, 5.74) is 0. The van der Waals surface area contributed by atoms with E-state index in [2.05, 4.69) is 33.8 Å². The molecular formula is C6H17P. The Kier molecular flexibility index (Phi) is 14.4. The zero-order chi connectivity index (χ0) is 6.28. The second-order valence-corrected chi connectivity index (χ2v) is 4.73. The first-order valence-electron chi connectivity index (χ1n) is 2.76. The van der Waals surface area contributed by atoms with Gasteiger partial charge in [0.15, 0.2) is 0 Å². The third kappa shape index (κ3) is 682. The smallest absolute Gasteiger partial charge is 0.0449 e. The van der Waals surface area contributed by atoms with E-state index in [4.69, 9.17) is 0 Å². The van der Waals surface area contributed by atoms with Crippen LogP contribution in [-0.4, -0.2) is 20.0 Å². The molecule has 0 nitrogen and oxygen atoms in total. The molecule has 0 spiro atoms. The first-order valence-corrected chi connectivity index (χ1v) is 5.44. The Balaban J connectivity index is 0. The van der Waals surface area contributed by atoms with Crippen LogP contribution in [0.1, 0.15) is 20.3 Å². The molecule has 0 aromatic rings. The largest absolute Gasteiger partial charge is 0.116 e. The second kappa shape index (κ2) is 9.66. The van der Waals surface area contributed by atoms with Gasteiger partial charge in [0, 0.05) is 0 Å². The predicted octanol–water partition coefficient (Wildman–Crippen LogP) is 2.77. The lowest BCUT2D eigenvalue weighted by Crippen LogP contribution is -1.48. The van der Waals surface area contributed by atoms with Gasteiger partial charge in [-0.1, -0.05) is 20.3 Å². The molecule has 0 aromatic carbocycles. The van der Waals surface area contributed by atoms with Gasteiger partial charge in [-0.3, -0.25) is 0 Å². The van der Waals surface area contributed by atoms with Gasteiger partial charge in [-0.25, -0.2) is 0 Å². The highest BCUT2D eigenvalue weighted by Crippen LogP contribution is 2.14. The molecule has 0 heterocycles. The van der Waals surface area contributed by atoms with Gasteiger partial charge in [-0.15, -0.1) is 7.92 Å². The third-order valence-corrected chi connectivity index (χ3v) is 0. The summed E-state index contributed by atoms with van der Waals surface area (Å²) in [5.74, 6) is 0. The zero-order valence-corrected chi connectivity index (χ0v) is 7.05. The van der Waals surface area contributed by atoms with E-state index in [1.807, 2.05) is 0 Å². The minimum atomic E-state index is 0.380. The summed E-state index contributed by atoms with van der Waals surface area (Å²) in [7, 11) is 0.380. The Morgan fingerprint density at radius 1 is 1.00 bits per heavy atom. The molecule has 0 amide bonds. The van der Waals surface area contributed by atoms with Gasteiger partial charge in [0.2, 0.25) is 0 Å². The van der Waals surface area contributed by atoms with Crippen molar-refractivity contribution in [2.45, 2.75) is 20.3 Å². The Bertz CT molecular complexity index is 15.4. The van der Waals surface area contributed by atoms with E-state index in [0.29, 0.717) is 7.92 Å². The second-order valence-electron chi connectivity index (χ2n) is 2.05. The molecule has 0 saturated carbocycles. The minimum Gasteiger partial charge on any atom is -0.116 e. The molecule has 0 rings (SSSR count). The van der Waals surface area contributed by atoms with Gasteiger partial charge in [-0.2, -0.15) is 0 Å². The Hall–Kier alpha value is 0.430. The lowest BCUT2D eigenvalue weighted by Gasteiger charge is -1.81. The highest BCUT2D eigenvalue weighted by molar-refractivity contribution is 7.55. The molecular weight excluding hydrogens is 103 g/mol. The lowest BCUT2D eigenvalue weighted by atomic mass is 10.6. The molecule has 1 heteroatoms. The maximum Gasteiger partial charge on any atom is -0.0449 e. The van der Waals surface area contributed by atoms with Crippen LogP contribution < -0.4 is 0 Å². The summed E-state index contributed by atoms with van der Waals surface area (Å²) in [6, 6.07) is 0. The summed E-state index contributed by atoms with van der Waals surface area (Å²) in [6.07, 6.45) is 1.25. The van der Waals surface area contributed by atoms with Crippen molar-refractivity contribution in [1.29, 1.82) is 0 Å². The molecule has 0 fully saturated rings. The SMILES string of the molecule is CCC.CP(C)C. The van der Waals surface area contributed by atoms with Crippen molar-refractivity contribution in [3.05, 3.63) is 0 Å². The molecule has 0 aromatic heterocycles. The molecule has 0 unspecified atom stereocenters. The highest BCUT2D eigenvalue weighted by atomic mass is 31.1. The normalized spacial score (nSPS) is 7.71. The molecule has 0 N–H and O–H groups in total. The minimum absolute atomic E-state index is 0.380. The van der Waals surface area contributed by atoms with Crippen molar-refractivity contribution >= 4 is 7.92 Å². The van der Waals surface area contributed by atoms with Crippen LogP contribution in [0.4, 0.5) is 0 Å². The summed E-state index contributed by atoms with van der Waals surface area (Å²) in [4.78, 5) is 0. The van der Waals surface area contributed by atoms with E-state index in [-0.39, 0.29) is 0 Å². The van der Waals surface area contributed by atoms with Crippen LogP contribution in [0.15, 0.2) is 0 Å². The third-order valence-electron chi connectivity index (χ3n) is 0. The van der Waals surface area contributed by atoms with Gasteiger partial charge in [0.25, 0.3) is 0 Å².